The van der Waals surface area contributed by atoms with Gasteiger partial charge >= 0.3 is 0 Å². The zero-order chi connectivity index (χ0) is 21.1. The molecule has 2 aromatic rings. The summed E-state index contributed by atoms with van der Waals surface area (Å²) in [6.45, 7) is 2.95. The zero-order valence-corrected chi connectivity index (χ0v) is 17.1. The molecule has 2 amide bonds. The van der Waals surface area contributed by atoms with Crippen molar-refractivity contribution in [2.24, 2.45) is 4.99 Å². The maximum atomic E-state index is 12.7. The summed E-state index contributed by atoms with van der Waals surface area (Å²) in [7, 11) is 0. The summed E-state index contributed by atoms with van der Waals surface area (Å²) in [5.74, 6) is 0.470. The first kappa shape index (κ1) is 20.0. The molecule has 0 unspecified atom stereocenters. The highest BCUT2D eigenvalue weighted by atomic mass is 35.5. The van der Waals surface area contributed by atoms with E-state index in [0.717, 1.165) is 12.0 Å². The molecular formula is C21H21ClN4O4. The summed E-state index contributed by atoms with van der Waals surface area (Å²) in [6.07, 6.45) is 0.775. The molecule has 0 fully saturated rings. The molecule has 2 aliphatic heterocycles. The maximum Gasteiger partial charge on any atom is 0.288 e. The number of nitrogens with zero attached hydrogens (tertiary/aromatic N) is 2. The number of benzene rings is 2. The highest BCUT2D eigenvalue weighted by Crippen LogP contribution is 2.37. The molecule has 4 rings (SSSR count). The predicted molar refractivity (Wildman–Crippen MR) is 113 cm³/mol. The largest absolute Gasteiger partial charge is 0.489 e. The number of hydrazine groups is 1. The third kappa shape index (κ3) is 4.18. The Balaban J connectivity index is 1.46. The second-order valence-corrected chi connectivity index (χ2v) is 7.32. The van der Waals surface area contributed by atoms with Crippen molar-refractivity contribution in [2.45, 2.75) is 25.9 Å². The number of carbonyl (C=O) groups is 2. The summed E-state index contributed by atoms with van der Waals surface area (Å²) in [5.41, 5.74) is 4.20. The fourth-order valence-electron chi connectivity index (χ4n) is 3.16. The number of rotatable bonds is 4. The zero-order valence-electron chi connectivity index (χ0n) is 16.4. The molecule has 2 aromatic carbocycles. The number of amides is 2. The van der Waals surface area contributed by atoms with E-state index >= 15 is 0 Å². The van der Waals surface area contributed by atoms with Gasteiger partial charge in [-0.05, 0) is 36.8 Å². The molecule has 2 aliphatic rings. The number of aliphatic imine (C=N–C) groups is 1. The van der Waals surface area contributed by atoms with Crippen LogP contribution in [0, 0.1) is 0 Å². The van der Waals surface area contributed by atoms with Gasteiger partial charge in [0.25, 0.3) is 11.8 Å². The molecule has 0 spiro atoms. The maximum absolute atomic E-state index is 12.7. The van der Waals surface area contributed by atoms with Crippen LogP contribution in [0.25, 0.3) is 0 Å². The minimum Gasteiger partial charge on any atom is -0.489 e. The van der Waals surface area contributed by atoms with Crippen LogP contribution in [0.5, 0.6) is 11.5 Å². The lowest BCUT2D eigenvalue weighted by Crippen LogP contribution is -2.57. The number of ether oxygens (including phenoxy) is 2. The second-order valence-electron chi connectivity index (χ2n) is 6.91. The van der Waals surface area contributed by atoms with Gasteiger partial charge in [0.05, 0.1) is 23.9 Å². The predicted octanol–water partition coefficient (Wildman–Crippen LogP) is 2.46. The van der Waals surface area contributed by atoms with Crippen molar-refractivity contribution in [1.29, 1.82) is 0 Å². The normalized spacial score (nSPS) is 18.2. The molecule has 30 heavy (non-hydrogen) atoms. The second kappa shape index (κ2) is 8.62. The van der Waals surface area contributed by atoms with Crippen molar-refractivity contribution in [3.63, 3.8) is 0 Å². The molecule has 0 bridgehead atoms. The molecule has 2 N–H and O–H groups in total. The fraction of sp³-hybridized carbons (Fsp3) is 0.286. The number of anilines is 1. The van der Waals surface area contributed by atoms with Crippen molar-refractivity contribution in [3.05, 3.63) is 53.1 Å². The Hall–Kier alpha value is -3.26. The van der Waals surface area contributed by atoms with Crippen molar-refractivity contribution in [2.75, 3.05) is 18.2 Å². The minimum atomic E-state index is -0.681. The lowest BCUT2D eigenvalue weighted by Gasteiger charge is -2.30. The first-order valence-corrected chi connectivity index (χ1v) is 10.0. The number of hydrogen-bond acceptors (Lipinski definition) is 6. The van der Waals surface area contributed by atoms with E-state index in [9.17, 15) is 9.59 Å². The highest BCUT2D eigenvalue weighted by Gasteiger charge is 2.30. The van der Waals surface area contributed by atoms with Crippen LogP contribution in [-0.4, -0.2) is 36.9 Å². The van der Waals surface area contributed by atoms with Crippen LogP contribution >= 0.6 is 11.6 Å². The molecule has 0 saturated heterocycles. The van der Waals surface area contributed by atoms with Crippen LogP contribution in [0.3, 0.4) is 0 Å². The number of halogens is 1. The Morgan fingerprint density at radius 2 is 2.03 bits per heavy atom. The molecule has 0 aromatic heterocycles. The molecule has 0 aliphatic carbocycles. The van der Waals surface area contributed by atoms with Crippen molar-refractivity contribution >= 4 is 34.9 Å². The Morgan fingerprint density at radius 1 is 1.27 bits per heavy atom. The van der Waals surface area contributed by atoms with Crippen LogP contribution in [-0.2, 0) is 16.1 Å². The van der Waals surface area contributed by atoms with Crippen LogP contribution in [0.2, 0.25) is 5.02 Å². The molecule has 156 valence electrons. The summed E-state index contributed by atoms with van der Waals surface area (Å²) in [5, 5.41) is 4.56. The molecule has 2 heterocycles. The lowest BCUT2D eigenvalue weighted by atomic mass is 10.2. The molecule has 0 radical (unpaired) electrons. The molecular weight excluding hydrogens is 408 g/mol. The quantitative estimate of drug-likeness (QED) is 0.780. The van der Waals surface area contributed by atoms with Crippen molar-refractivity contribution in [1.82, 2.24) is 10.7 Å². The highest BCUT2D eigenvalue weighted by molar-refractivity contribution is 6.39. The van der Waals surface area contributed by atoms with Crippen LogP contribution in [0.15, 0.2) is 47.5 Å². The first-order chi connectivity index (χ1) is 14.5. The number of para-hydroxylation sites is 1. The number of nitrogens with one attached hydrogen (secondary N) is 2. The number of hydrogen-bond donors (Lipinski definition) is 2. The molecule has 9 heteroatoms. The van der Waals surface area contributed by atoms with Crippen molar-refractivity contribution < 1.29 is 19.1 Å². The average molecular weight is 429 g/mol. The van der Waals surface area contributed by atoms with E-state index in [-0.39, 0.29) is 18.3 Å². The van der Waals surface area contributed by atoms with Crippen molar-refractivity contribution in [3.8, 4) is 11.5 Å². The monoisotopic (exact) mass is 428 g/mol. The summed E-state index contributed by atoms with van der Waals surface area (Å²) in [4.78, 5) is 29.3. The van der Waals surface area contributed by atoms with E-state index in [0.29, 0.717) is 35.4 Å². The van der Waals surface area contributed by atoms with E-state index in [4.69, 9.17) is 21.1 Å². The molecule has 8 nitrogen and oxygen atoms in total. The smallest absolute Gasteiger partial charge is 0.288 e. The standard InChI is InChI=1S/C21H21ClN4O4/c1-13-21(28)26(15-6-3-2-4-7-15)25-19(24-13)20(27)23-12-14-10-16(22)18-17(11-14)29-8-5-9-30-18/h2-4,6-7,10-11,13H,5,8-9,12H2,1H3,(H,23,27)(H,24,25)/t13-/m0/s1. The van der Waals surface area contributed by atoms with E-state index in [1.807, 2.05) is 18.2 Å². The van der Waals surface area contributed by atoms with E-state index < -0.39 is 11.9 Å². The number of fused-ring (bicyclic) bond motifs is 1. The van der Waals surface area contributed by atoms with E-state index in [1.165, 1.54) is 5.01 Å². The fourth-order valence-corrected chi connectivity index (χ4v) is 3.44. The van der Waals surface area contributed by atoms with Gasteiger partial charge in [-0.25, -0.2) is 10.0 Å². The third-order valence-electron chi connectivity index (χ3n) is 4.66. The van der Waals surface area contributed by atoms with E-state index in [2.05, 4.69) is 15.7 Å². The van der Waals surface area contributed by atoms with Crippen LogP contribution in [0.1, 0.15) is 18.9 Å². The minimum absolute atomic E-state index is 0.0615. The van der Waals surface area contributed by atoms with Gasteiger partial charge in [-0.2, -0.15) is 0 Å². The van der Waals surface area contributed by atoms with Gasteiger partial charge in [0, 0.05) is 13.0 Å². The number of amidine groups is 1. The van der Waals surface area contributed by atoms with Gasteiger partial charge < -0.3 is 14.8 Å². The average Bonchev–Trinajstić information content (AvgIpc) is 3.00. The Labute approximate surface area is 178 Å². The van der Waals surface area contributed by atoms with Crippen LogP contribution < -0.4 is 25.2 Å². The Morgan fingerprint density at radius 3 is 2.83 bits per heavy atom. The van der Waals surface area contributed by atoms with Gasteiger partial charge in [-0.3, -0.25) is 15.0 Å². The third-order valence-corrected chi connectivity index (χ3v) is 4.94. The van der Waals surface area contributed by atoms with Gasteiger partial charge in [-0.1, -0.05) is 29.8 Å². The SMILES string of the molecule is C[C@@H]1N=C(C(=O)NCc2cc(Cl)c3c(c2)OCCCO3)NN(c2ccccc2)C1=O. The summed E-state index contributed by atoms with van der Waals surface area (Å²) >= 11 is 6.31. The summed E-state index contributed by atoms with van der Waals surface area (Å²) in [6, 6.07) is 11.9. The Kier molecular flexibility index (Phi) is 5.76. The van der Waals surface area contributed by atoms with Gasteiger partial charge in [0.1, 0.15) is 6.04 Å². The van der Waals surface area contributed by atoms with E-state index in [1.54, 1.807) is 31.2 Å². The van der Waals surface area contributed by atoms with Gasteiger partial charge in [0.2, 0.25) is 5.84 Å². The molecule has 1 atom stereocenters. The lowest BCUT2D eigenvalue weighted by molar-refractivity contribution is -0.120. The number of carbonyl (C=O) groups excluding carboxylic acids is 2. The molecule has 0 saturated carbocycles. The Bertz CT molecular complexity index is 996. The van der Waals surface area contributed by atoms with Crippen LogP contribution in [0.4, 0.5) is 5.69 Å². The topological polar surface area (TPSA) is 92.3 Å². The van der Waals surface area contributed by atoms with Gasteiger partial charge in [-0.15, -0.1) is 0 Å². The first-order valence-electron chi connectivity index (χ1n) is 9.62. The summed E-state index contributed by atoms with van der Waals surface area (Å²) < 4.78 is 11.3. The van der Waals surface area contributed by atoms with Gasteiger partial charge in [0.15, 0.2) is 11.5 Å².